The van der Waals surface area contributed by atoms with E-state index in [4.69, 9.17) is 4.42 Å². The van der Waals surface area contributed by atoms with Crippen LogP contribution in [0.4, 0.5) is 0 Å². The second kappa shape index (κ2) is 7.79. The van der Waals surface area contributed by atoms with Crippen LogP contribution in [0.2, 0.25) is 0 Å². The lowest BCUT2D eigenvalue weighted by Crippen LogP contribution is -2.24. The van der Waals surface area contributed by atoms with Crippen LogP contribution in [0.3, 0.4) is 0 Å². The molecule has 1 N–H and O–H groups in total. The Bertz CT molecular complexity index is 768. The molecular formula is C20H20BrNO2. The van der Waals surface area contributed by atoms with Crippen LogP contribution in [0.5, 0.6) is 0 Å². The number of rotatable bonds is 6. The molecular weight excluding hydrogens is 366 g/mol. The zero-order valence-electron chi connectivity index (χ0n) is 13.5. The Morgan fingerprint density at radius 2 is 1.71 bits per heavy atom. The van der Waals surface area contributed by atoms with Crippen LogP contribution in [0.1, 0.15) is 17.4 Å². The Hall–Kier alpha value is -1.88. The van der Waals surface area contributed by atoms with Gasteiger partial charge in [0.15, 0.2) is 0 Å². The Balaban J connectivity index is 1.61. The van der Waals surface area contributed by atoms with Crippen molar-refractivity contribution < 1.29 is 9.52 Å². The smallest absolute Gasteiger partial charge is 0.134 e. The molecule has 3 rings (SSSR count). The van der Waals surface area contributed by atoms with Gasteiger partial charge in [0.2, 0.25) is 0 Å². The van der Waals surface area contributed by atoms with Gasteiger partial charge in [-0.1, -0.05) is 58.4 Å². The van der Waals surface area contributed by atoms with Crippen LogP contribution in [0.25, 0.3) is 11.3 Å². The molecule has 0 saturated carbocycles. The van der Waals surface area contributed by atoms with Crippen molar-refractivity contribution in [2.24, 2.45) is 0 Å². The van der Waals surface area contributed by atoms with Crippen LogP contribution in [0.15, 0.2) is 75.6 Å². The lowest BCUT2D eigenvalue weighted by molar-refractivity contribution is 0.120. The van der Waals surface area contributed by atoms with Gasteiger partial charge < -0.3 is 9.52 Å². The van der Waals surface area contributed by atoms with Crippen molar-refractivity contribution in [3.63, 3.8) is 0 Å². The van der Waals surface area contributed by atoms with Crippen molar-refractivity contribution in [3.8, 4) is 11.3 Å². The lowest BCUT2D eigenvalue weighted by Gasteiger charge is -2.19. The fraction of sp³-hybridized carbons (Fsp3) is 0.200. The summed E-state index contributed by atoms with van der Waals surface area (Å²) < 4.78 is 6.98. The normalized spacial score (nSPS) is 12.5. The summed E-state index contributed by atoms with van der Waals surface area (Å²) in [7, 11) is 1.98. The van der Waals surface area contributed by atoms with E-state index in [9.17, 15) is 5.11 Å². The number of aliphatic hydroxyl groups is 1. The first-order chi connectivity index (χ1) is 11.6. The number of likely N-dealkylation sites (N-methyl/N-ethyl adjacent to an activating group) is 1. The van der Waals surface area contributed by atoms with Crippen LogP contribution < -0.4 is 0 Å². The molecule has 0 bridgehead atoms. The zero-order valence-corrected chi connectivity index (χ0v) is 15.1. The summed E-state index contributed by atoms with van der Waals surface area (Å²) in [6.07, 6.45) is -0.503. The average Bonchev–Trinajstić information content (AvgIpc) is 3.04. The Kier molecular flexibility index (Phi) is 5.51. The molecule has 0 saturated heterocycles. The molecule has 4 heteroatoms. The van der Waals surface area contributed by atoms with Crippen LogP contribution >= 0.6 is 15.9 Å². The van der Waals surface area contributed by atoms with Crippen LogP contribution in [0, 0.1) is 0 Å². The summed E-state index contributed by atoms with van der Waals surface area (Å²) in [5.74, 6) is 1.74. The second-order valence-electron chi connectivity index (χ2n) is 5.90. The molecule has 1 unspecified atom stereocenters. The number of aliphatic hydroxyl groups excluding tert-OH is 1. The van der Waals surface area contributed by atoms with Gasteiger partial charge in [-0.2, -0.15) is 0 Å². The minimum absolute atomic E-state index is 0.503. The molecule has 0 fully saturated rings. The number of benzene rings is 2. The third-order valence-corrected chi connectivity index (χ3v) is 4.41. The van der Waals surface area contributed by atoms with Gasteiger partial charge in [0.25, 0.3) is 0 Å². The van der Waals surface area contributed by atoms with Crippen LogP contribution in [-0.2, 0) is 6.54 Å². The first-order valence-electron chi connectivity index (χ1n) is 7.88. The zero-order chi connectivity index (χ0) is 16.9. The van der Waals surface area contributed by atoms with E-state index in [0.29, 0.717) is 13.1 Å². The molecule has 1 heterocycles. The third-order valence-electron chi connectivity index (χ3n) is 3.89. The van der Waals surface area contributed by atoms with Crippen molar-refractivity contribution in [1.29, 1.82) is 0 Å². The van der Waals surface area contributed by atoms with Crippen molar-refractivity contribution in [2.45, 2.75) is 12.6 Å². The largest absolute Gasteiger partial charge is 0.460 e. The SMILES string of the molecule is CN(Cc1ccc(-c2ccc(Br)cc2)o1)CC(O)c1ccccc1. The van der Waals surface area contributed by atoms with E-state index in [1.54, 1.807) is 0 Å². The maximum Gasteiger partial charge on any atom is 0.134 e. The van der Waals surface area contributed by atoms with Gasteiger partial charge in [-0.3, -0.25) is 4.90 Å². The predicted molar refractivity (Wildman–Crippen MR) is 99.6 cm³/mol. The minimum atomic E-state index is -0.503. The van der Waals surface area contributed by atoms with Crippen molar-refractivity contribution in [2.75, 3.05) is 13.6 Å². The molecule has 124 valence electrons. The van der Waals surface area contributed by atoms with Gasteiger partial charge in [0.05, 0.1) is 12.6 Å². The first kappa shape index (κ1) is 17.0. The van der Waals surface area contributed by atoms with Crippen molar-refractivity contribution >= 4 is 15.9 Å². The van der Waals surface area contributed by atoms with Gasteiger partial charge in [-0.25, -0.2) is 0 Å². The Morgan fingerprint density at radius 1 is 1.00 bits per heavy atom. The molecule has 0 aliphatic heterocycles. The van der Waals surface area contributed by atoms with Gasteiger partial charge in [0.1, 0.15) is 11.5 Å². The average molecular weight is 386 g/mol. The summed E-state index contributed by atoms with van der Waals surface area (Å²) in [5, 5.41) is 10.3. The van der Waals surface area contributed by atoms with E-state index < -0.39 is 6.10 Å². The van der Waals surface area contributed by atoms with Crippen molar-refractivity contribution in [1.82, 2.24) is 4.90 Å². The second-order valence-corrected chi connectivity index (χ2v) is 6.81. The first-order valence-corrected chi connectivity index (χ1v) is 8.67. The van der Waals surface area contributed by atoms with E-state index in [1.165, 1.54) is 0 Å². The monoisotopic (exact) mass is 385 g/mol. The van der Waals surface area contributed by atoms with E-state index >= 15 is 0 Å². The summed E-state index contributed by atoms with van der Waals surface area (Å²) in [4.78, 5) is 2.06. The molecule has 3 aromatic rings. The number of halogens is 1. The molecule has 0 spiro atoms. The Labute approximate surface area is 150 Å². The summed E-state index contributed by atoms with van der Waals surface area (Å²) >= 11 is 3.44. The summed E-state index contributed by atoms with van der Waals surface area (Å²) in [6.45, 7) is 1.21. The molecule has 0 radical (unpaired) electrons. The molecule has 1 aromatic heterocycles. The highest BCUT2D eigenvalue weighted by atomic mass is 79.9. The fourth-order valence-electron chi connectivity index (χ4n) is 2.64. The fourth-order valence-corrected chi connectivity index (χ4v) is 2.90. The van der Waals surface area contributed by atoms with Gasteiger partial charge in [-0.15, -0.1) is 0 Å². The quantitative estimate of drug-likeness (QED) is 0.657. The standard InChI is InChI=1S/C20H20BrNO2/c1-22(14-19(23)15-5-3-2-4-6-15)13-18-11-12-20(24-18)16-7-9-17(21)10-8-16/h2-12,19,23H,13-14H2,1H3. The molecule has 0 amide bonds. The third kappa shape index (κ3) is 4.35. The molecule has 0 aliphatic carbocycles. The number of furan rings is 1. The lowest BCUT2D eigenvalue weighted by atomic mass is 10.1. The van der Waals surface area contributed by atoms with Crippen molar-refractivity contribution in [3.05, 3.63) is 82.5 Å². The molecule has 24 heavy (non-hydrogen) atoms. The molecule has 2 aromatic carbocycles. The molecule has 3 nitrogen and oxygen atoms in total. The number of hydrogen-bond acceptors (Lipinski definition) is 3. The topological polar surface area (TPSA) is 36.6 Å². The Morgan fingerprint density at radius 3 is 2.42 bits per heavy atom. The minimum Gasteiger partial charge on any atom is -0.460 e. The number of nitrogens with zero attached hydrogens (tertiary/aromatic N) is 1. The van der Waals surface area contributed by atoms with Crippen LogP contribution in [-0.4, -0.2) is 23.6 Å². The number of hydrogen-bond donors (Lipinski definition) is 1. The molecule has 1 atom stereocenters. The summed E-state index contributed by atoms with van der Waals surface area (Å²) in [5.41, 5.74) is 1.98. The highest BCUT2D eigenvalue weighted by Crippen LogP contribution is 2.24. The highest BCUT2D eigenvalue weighted by Gasteiger charge is 2.12. The van der Waals surface area contributed by atoms with E-state index in [-0.39, 0.29) is 0 Å². The van der Waals surface area contributed by atoms with Gasteiger partial charge in [-0.05, 0) is 36.9 Å². The van der Waals surface area contributed by atoms with Gasteiger partial charge in [0, 0.05) is 16.6 Å². The van der Waals surface area contributed by atoms with E-state index in [2.05, 4.69) is 20.8 Å². The highest BCUT2D eigenvalue weighted by molar-refractivity contribution is 9.10. The van der Waals surface area contributed by atoms with Gasteiger partial charge >= 0.3 is 0 Å². The maximum absolute atomic E-state index is 10.3. The van der Waals surface area contributed by atoms with E-state index in [0.717, 1.165) is 27.1 Å². The van der Waals surface area contributed by atoms with E-state index in [1.807, 2.05) is 73.8 Å². The molecule has 0 aliphatic rings. The maximum atomic E-state index is 10.3. The summed E-state index contributed by atoms with van der Waals surface area (Å²) in [6, 6.07) is 21.7. The predicted octanol–water partition coefficient (Wildman–Crippen LogP) is 4.87.